The third-order valence-electron chi connectivity index (χ3n) is 2.70. The first-order valence-corrected chi connectivity index (χ1v) is 5.50. The molecule has 1 aliphatic carbocycles. The third kappa shape index (κ3) is 2.03. The van der Waals surface area contributed by atoms with E-state index in [1.165, 1.54) is 6.20 Å². The fourth-order valence-electron chi connectivity index (χ4n) is 1.78. The van der Waals surface area contributed by atoms with E-state index in [4.69, 9.17) is 11.6 Å². The topological polar surface area (TPSA) is 25.8 Å². The van der Waals surface area contributed by atoms with Gasteiger partial charge in [-0.15, -0.1) is 0 Å². The van der Waals surface area contributed by atoms with E-state index in [1.54, 1.807) is 0 Å². The van der Waals surface area contributed by atoms with Crippen molar-refractivity contribution in [3.05, 3.63) is 22.7 Å². The Bertz CT molecular complexity index is 426. The molecule has 5 heteroatoms. The molecule has 1 aromatic rings. The summed E-state index contributed by atoms with van der Waals surface area (Å²) in [5.74, 6) is -3.34. The number of alkyl halides is 2. The summed E-state index contributed by atoms with van der Waals surface area (Å²) in [6, 6.07) is 0. The minimum atomic E-state index is -2.60. The van der Waals surface area contributed by atoms with Gasteiger partial charge in [0.15, 0.2) is 0 Å². The fraction of sp³-hybridized carbons (Fsp3) is 0.636. The van der Waals surface area contributed by atoms with E-state index in [2.05, 4.69) is 9.97 Å². The van der Waals surface area contributed by atoms with Crippen molar-refractivity contribution in [3.8, 4) is 0 Å². The molecule has 0 bridgehead atoms. The molecular weight excluding hydrogens is 234 g/mol. The summed E-state index contributed by atoms with van der Waals surface area (Å²) in [5, 5.41) is 0.109. The Morgan fingerprint density at radius 2 is 2.00 bits per heavy atom. The molecule has 0 aliphatic heterocycles. The smallest absolute Gasteiger partial charge is 0.226 e. The number of aromatic nitrogens is 2. The maximum Gasteiger partial charge on any atom is 0.256 e. The van der Waals surface area contributed by atoms with Gasteiger partial charge in [0.05, 0.1) is 11.6 Å². The van der Waals surface area contributed by atoms with Crippen LogP contribution >= 0.6 is 11.6 Å². The van der Waals surface area contributed by atoms with Gasteiger partial charge in [-0.2, -0.15) is 0 Å². The standard InChI is InChI=1S/C11H13ClF2N2/c1-10(2,3)8-6(5-15-9(12)16-8)7-4-11(7,13)14/h5,7H,4H2,1-3H3. The molecule has 16 heavy (non-hydrogen) atoms. The third-order valence-corrected chi connectivity index (χ3v) is 2.88. The van der Waals surface area contributed by atoms with E-state index >= 15 is 0 Å². The van der Waals surface area contributed by atoms with Crippen LogP contribution in [0.1, 0.15) is 44.4 Å². The van der Waals surface area contributed by atoms with Crippen LogP contribution < -0.4 is 0 Å². The predicted octanol–water partition coefficient (Wildman–Crippen LogP) is 3.55. The Kier molecular flexibility index (Phi) is 2.46. The highest BCUT2D eigenvalue weighted by Crippen LogP contribution is 2.57. The second kappa shape index (κ2) is 3.36. The largest absolute Gasteiger partial charge is 0.256 e. The molecule has 1 aromatic heterocycles. The summed E-state index contributed by atoms with van der Waals surface area (Å²) in [7, 11) is 0. The van der Waals surface area contributed by atoms with Crippen LogP contribution in [0.2, 0.25) is 5.28 Å². The van der Waals surface area contributed by atoms with Crippen molar-refractivity contribution in [2.75, 3.05) is 0 Å². The van der Waals surface area contributed by atoms with E-state index < -0.39 is 11.8 Å². The summed E-state index contributed by atoms with van der Waals surface area (Å²) in [5.41, 5.74) is 0.845. The number of rotatable bonds is 1. The van der Waals surface area contributed by atoms with Crippen molar-refractivity contribution in [1.82, 2.24) is 9.97 Å². The molecule has 1 saturated carbocycles. The Hall–Kier alpha value is -0.770. The van der Waals surface area contributed by atoms with Crippen LogP contribution in [-0.2, 0) is 5.41 Å². The van der Waals surface area contributed by atoms with Gasteiger partial charge in [0.25, 0.3) is 5.92 Å². The van der Waals surface area contributed by atoms with Crippen molar-refractivity contribution >= 4 is 11.6 Å². The van der Waals surface area contributed by atoms with Crippen molar-refractivity contribution < 1.29 is 8.78 Å². The molecule has 1 aliphatic rings. The zero-order valence-corrected chi connectivity index (χ0v) is 10.1. The first-order valence-electron chi connectivity index (χ1n) is 5.12. The quantitative estimate of drug-likeness (QED) is 0.708. The van der Waals surface area contributed by atoms with Gasteiger partial charge in [-0.1, -0.05) is 20.8 Å². The average Bonchev–Trinajstić information content (AvgIpc) is 2.73. The fourth-order valence-corrected chi connectivity index (χ4v) is 1.91. The summed E-state index contributed by atoms with van der Waals surface area (Å²) < 4.78 is 26.1. The van der Waals surface area contributed by atoms with E-state index in [-0.39, 0.29) is 17.1 Å². The van der Waals surface area contributed by atoms with Crippen LogP contribution in [0.4, 0.5) is 8.78 Å². The maximum absolute atomic E-state index is 13.1. The highest BCUT2D eigenvalue weighted by molar-refractivity contribution is 6.28. The van der Waals surface area contributed by atoms with Crippen LogP contribution in [0.25, 0.3) is 0 Å². The van der Waals surface area contributed by atoms with E-state index in [0.717, 1.165) is 0 Å². The van der Waals surface area contributed by atoms with Crippen LogP contribution in [-0.4, -0.2) is 15.9 Å². The summed E-state index contributed by atoms with van der Waals surface area (Å²) in [6.45, 7) is 5.78. The molecule has 0 aromatic carbocycles. The first-order chi connectivity index (χ1) is 7.22. The molecule has 0 spiro atoms. The van der Waals surface area contributed by atoms with Gasteiger partial charge in [-0.25, -0.2) is 18.7 Å². The summed E-state index contributed by atoms with van der Waals surface area (Å²) in [6.07, 6.45) is 1.32. The number of hydrogen-bond acceptors (Lipinski definition) is 2. The summed E-state index contributed by atoms with van der Waals surface area (Å²) >= 11 is 5.71. The molecular formula is C11H13ClF2N2. The van der Waals surface area contributed by atoms with Crippen molar-refractivity contribution in [2.45, 2.75) is 44.4 Å². The Balaban J connectivity index is 2.46. The number of hydrogen-bond donors (Lipinski definition) is 0. The molecule has 0 amide bonds. The average molecular weight is 247 g/mol. The molecule has 2 nitrogen and oxygen atoms in total. The van der Waals surface area contributed by atoms with Gasteiger partial charge >= 0.3 is 0 Å². The van der Waals surface area contributed by atoms with E-state index in [0.29, 0.717) is 11.3 Å². The van der Waals surface area contributed by atoms with Crippen LogP contribution in [0.3, 0.4) is 0 Å². The predicted molar refractivity (Wildman–Crippen MR) is 58.0 cm³/mol. The highest BCUT2D eigenvalue weighted by Gasteiger charge is 2.59. The lowest BCUT2D eigenvalue weighted by Gasteiger charge is -2.21. The maximum atomic E-state index is 13.1. The zero-order chi connectivity index (χ0) is 12.1. The van der Waals surface area contributed by atoms with Gasteiger partial charge in [0.2, 0.25) is 5.28 Å². The molecule has 1 unspecified atom stereocenters. The number of halogens is 3. The minimum Gasteiger partial charge on any atom is -0.226 e. The normalized spacial score (nSPS) is 23.2. The van der Waals surface area contributed by atoms with Crippen molar-refractivity contribution in [3.63, 3.8) is 0 Å². The molecule has 1 heterocycles. The van der Waals surface area contributed by atoms with Gasteiger partial charge < -0.3 is 0 Å². The molecule has 1 atom stereocenters. The lowest BCUT2D eigenvalue weighted by atomic mass is 9.87. The lowest BCUT2D eigenvalue weighted by Crippen LogP contribution is -2.18. The van der Waals surface area contributed by atoms with Gasteiger partial charge in [-0.05, 0) is 11.6 Å². The molecule has 2 rings (SSSR count). The van der Waals surface area contributed by atoms with E-state index in [9.17, 15) is 8.78 Å². The molecule has 0 saturated heterocycles. The Morgan fingerprint density at radius 1 is 1.44 bits per heavy atom. The molecule has 0 radical (unpaired) electrons. The lowest BCUT2D eigenvalue weighted by molar-refractivity contribution is 0.111. The van der Waals surface area contributed by atoms with Gasteiger partial charge in [0, 0.05) is 23.6 Å². The second-order valence-corrected chi connectivity index (χ2v) is 5.55. The highest BCUT2D eigenvalue weighted by atomic mass is 35.5. The Labute approximate surface area is 98.1 Å². The van der Waals surface area contributed by atoms with Crippen LogP contribution in [0.5, 0.6) is 0 Å². The van der Waals surface area contributed by atoms with Crippen LogP contribution in [0.15, 0.2) is 6.20 Å². The zero-order valence-electron chi connectivity index (χ0n) is 9.39. The molecule has 0 N–H and O–H groups in total. The molecule has 1 fully saturated rings. The SMILES string of the molecule is CC(C)(C)c1nc(Cl)ncc1C1CC1(F)F. The van der Waals surface area contributed by atoms with Crippen molar-refractivity contribution in [1.29, 1.82) is 0 Å². The van der Waals surface area contributed by atoms with Crippen molar-refractivity contribution in [2.24, 2.45) is 0 Å². The molecule has 88 valence electrons. The van der Waals surface area contributed by atoms with Gasteiger partial charge in [-0.3, -0.25) is 0 Å². The van der Waals surface area contributed by atoms with E-state index in [1.807, 2.05) is 20.8 Å². The number of nitrogens with zero attached hydrogens (tertiary/aromatic N) is 2. The monoisotopic (exact) mass is 246 g/mol. The van der Waals surface area contributed by atoms with Crippen LogP contribution in [0, 0.1) is 0 Å². The minimum absolute atomic E-state index is 0.109. The summed E-state index contributed by atoms with van der Waals surface area (Å²) in [4.78, 5) is 7.89. The Morgan fingerprint density at radius 3 is 2.44 bits per heavy atom. The first kappa shape index (κ1) is 11.7. The van der Waals surface area contributed by atoms with Gasteiger partial charge in [0.1, 0.15) is 0 Å². The second-order valence-electron chi connectivity index (χ2n) is 5.21.